The highest BCUT2D eigenvalue weighted by Gasteiger charge is 2.33. The van der Waals surface area contributed by atoms with Crippen molar-refractivity contribution in [1.29, 1.82) is 0 Å². The van der Waals surface area contributed by atoms with Crippen molar-refractivity contribution >= 4 is 28.8 Å². The van der Waals surface area contributed by atoms with E-state index in [1.807, 2.05) is 41.8 Å². The van der Waals surface area contributed by atoms with E-state index in [9.17, 15) is 9.59 Å². The molecular weight excluding hydrogens is 320 g/mol. The van der Waals surface area contributed by atoms with Gasteiger partial charge in [0, 0.05) is 12.2 Å². The lowest BCUT2D eigenvalue weighted by Crippen LogP contribution is -2.49. The molecule has 2 heterocycles. The van der Waals surface area contributed by atoms with Crippen molar-refractivity contribution in [1.82, 2.24) is 4.90 Å². The molecule has 2 amide bonds. The van der Waals surface area contributed by atoms with E-state index < -0.39 is 0 Å². The first-order chi connectivity index (χ1) is 11.7. The SMILES string of the molecule is CCc1ccc(NC(=O)C2CCCCN2C(=O)c2cccs2)cc1. The molecule has 1 aliphatic heterocycles. The first kappa shape index (κ1) is 16.7. The summed E-state index contributed by atoms with van der Waals surface area (Å²) < 4.78 is 0. The van der Waals surface area contributed by atoms with E-state index in [1.54, 1.807) is 4.90 Å². The van der Waals surface area contributed by atoms with E-state index in [-0.39, 0.29) is 17.9 Å². The maximum atomic E-state index is 12.7. The Morgan fingerprint density at radius 1 is 1.21 bits per heavy atom. The third kappa shape index (κ3) is 3.67. The lowest BCUT2D eigenvalue weighted by molar-refractivity contribution is -0.121. The van der Waals surface area contributed by atoms with E-state index in [0.717, 1.165) is 31.4 Å². The Bertz CT molecular complexity index is 695. The van der Waals surface area contributed by atoms with E-state index in [4.69, 9.17) is 0 Å². The molecule has 1 aromatic heterocycles. The monoisotopic (exact) mass is 342 g/mol. The van der Waals surface area contributed by atoms with Crippen molar-refractivity contribution in [3.8, 4) is 0 Å². The number of anilines is 1. The Kier molecular flexibility index (Phi) is 5.30. The van der Waals surface area contributed by atoms with Crippen molar-refractivity contribution in [2.24, 2.45) is 0 Å². The number of nitrogens with zero attached hydrogens (tertiary/aromatic N) is 1. The highest BCUT2D eigenvalue weighted by Crippen LogP contribution is 2.23. The number of rotatable bonds is 4. The van der Waals surface area contributed by atoms with Gasteiger partial charge in [-0.05, 0) is 54.8 Å². The molecule has 0 saturated carbocycles. The summed E-state index contributed by atoms with van der Waals surface area (Å²) in [6.07, 6.45) is 3.61. The van der Waals surface area contributed by atoms with Gasteiger partial charge in [-0.2, -0.15) is 0 Å². The Morgan fingerprint density at radius 3 is 2.67 bits per heavy atom. The van der Waals surface area contributed by atoms with Crippen molar-refractivity contribution in [2.45, 2.75) is 38.6 Å². The number of carbonyl (C=O) groups is 2. The summed E-state index contributed by atoms with van der Waals surface area (Å²) in [5.41, 5.74) is 2.02. The maximum absolute atomic E-state index is 12.7. The number of carbonyl (C=O) groups excluding carboxylic acids is 2. The molecular formula is C19H22N2O2S. The predicted molar refractivity (Wildman–Crippen MR) is 97.4 cm³/mol. The molecule has 1 unspecified atom stereocenters. The van der Waals surface area contributed by atoms with Crippen LogP contribution in [0.25, 0.3) is 0 Å². The summed E-state index contributed by atoms with van der Waals surface area (Å²) in [6, 6.07) is 11.2. The second-order valence-corrected chi connectivity index (χ2v) is 6.97. The van der Waals surface area contributed by atoms with E-state index in [1.165, 1.54) is 16.9 Å². The van der Waals surface area contributed by atoms with Crippen molar-refractivity contribution in [2.75, 3.05) is 11.9 Å². The molecule has 2 aromatic rings. The van der Waals surface area contributed by atoms with Gasteiger partial charge < -0.3 is 10.2 Å². The molecule has 4 nitrogen and oxygen atoms in total. The minimum absolute atomic E-state index is 0.0359. The predicted octanol–water partition coefficient (Wildman–Crippen LogP) is 3.94. The van der Waals surface area contributed by atoms with Crippen LogP contribution in [0.1, 0.15) is 41.4 Å². The molecule has 5 heteroatoms. The van der Waals surface area contributed by atoms with Crippen LogP contribution in [0.5, 0.6) is 0 Å². The summed E-state index contributed by atoms with van der Waals surface area (Å²) in [5, 5.41) is 4.85. The average Bonchev–Trinajstić information content (AvgIpc) is 3.16. The highest BCUT2D eigenvalue weighted by molar-refractivity contribution is 7.12. The minimum atomic E-state index is -0.390. The molecule has 24 heavy (non-hydrogen) atoms. The van der Waals surface area contributed by atoms with Crippen molar-refractivity contribution < 1.29 is 9.59 Å². The number of hydrogen-bond acceptors (Lipinski definition) is 3. The molecule has 0 radical (unpaired) electrons. The van der Waals surface area contributed by atoms with Crippen LogP contribution in [0.2, 0.25) is 0 Å². The van der Waals surface area contributed by atoms with Gasteiger partial charge in [0.25, 0.3) is 5.91 Å². The molecule has 1 N–H and O–H groups in total. The lowest BCUT2D eigenvalue weighted by Gasteiger charge is -2.34. The molecule has 3 rings (SSSR count). The second kappa shape index (κ2) is 7.62. The molecule has 0 spiro atoms. The molecule has 0 bridgehead atoms. The van der Waals surface area contributed by atoms with Crippen LogP contribution in [0.3, 0.4) is 0 Å². The summed E-state index contributed by atoms with van der Waals surface area (Å²) in [7, 11) is 0. The van der Waals surface area contributed by atoms with Gasteiger partial charge in [0.15, 0.2) is 0 Å². The van der Waals surface area contributed by atoms with Crippen LogP contribution in [-0.2, 0) is 11.2 Å². The van der Waals surface area contributed by atoms with Crippen LogP contribution in [-0.4, -0.2) is 29.3 Å². The summed E-state index contributed by atoms with van der Waals surface area (Å²) in [4.78, 5) is 27.8. The van der Waals surface area contributed by atoms with E-state index in [2.05, 4.69) is 12.2 Å². The Morgan fingerprint density at radius 2 is 2.00 bits per heavy atom. The maximum Gasteiger partial charge on any atom is 0.264 e. The van der Waals surface area contributed by atoms with Gasteiger partial charge in [-0.15, -0.1) is 11.3 Å². The molecule has 126 valence electrons. The summed E-state index contributed by atoms with van der Waals surface area (Å²) >= 11 is 1.42. The molecule has 1 aliphatic rings. The molecule has 0 aliphatic carbocycles. The van der Waals surface area contributed by atoms with Crippen molar-refractivity contribution in [3.63, 3.8) is 0 Å². The van der Waals surface area contributed by atoms with Crippen LogP contribution in [0, 0.1) is 0 Å². The molecule has 1 saturated heterocycles. The van der Waals surface area contributed by atoms with Crippen LogP contribution >= 0.6 is 11.3 Å². The third-order valence-corrected chi connectivity index (χ3v) is 5.29. The largest absolute Gasteiger partial charge is 0.326 e. The number of thiophene rings is 1. The number of amides is 2. The molecule has 1 aromatic carbocycles. The Hall–Kier alpha value is -2.14. The van der Waals surface area contributed by atoms with Gasteiger partial charge in [0.1, 0.15) is 6.04 Å². The topological polar surface area (TPSA) is 49.4 Å². The summed E-state index contributed by atoms with van der Waals surface area (Å²) in [5.74, 6) is -0.130. The van der Waals surface area contributed by atoms with Crippen molar-refractivity contribution in [3.05, 3.63) is 52.2 Å². The average molecular weight is 342 g/mol. The van der Waals surface area contributed by atoms with Crippen LogP contribution in [0.4, 0.5) is 5.69 Å². The van der Waals surface area contributed by atoms with Gasteiger partial charge in [0.05, 0.1) is 4.88 Å². The van der Waals surface area contributed by atoms with Gasteiger partial charge in [-0.3, -0.25) is 9.59 Å². The van der Waals surface area contributed by atoms with Crippen LogP contribution < -0.4 is 5.32 Å². The molecule has 1 fully saturated rings. The Balaban J connectivity index is 1.72. The van der Waals surface area contributed by atoms with Gasteiger partial charge in [-0.25, -0.2) is 0 Å². The number of likely N-dealkylation sites (tertiary alicyclic amines) is 1. The highest BCUT2D eigenvalue weighted by atomic mass is 32.1. The zero-order valence-corrected chi connectivity index (χ0v) is 14.6. The first-order valence-corrected chi connectivity index (χ1v) is 9.31. The lowest BCUT2D eigenvalue weighted by atomic mass is 10.0. The summed E-state index contributed by atoms with van der Waals surface area (Å²) in [6.45, 7) is 2.74. The number of piperidine rings is 1. The smallest absolute Gasteiger partial charge is 0.264 e. The fraction of sp³-hybridized carbons (Fsp3) is 0.368. The number of nitrogens with one attached hydrogen (secondary N) is 1. The molecule has 1 atom stereocenters. The van der Waals surface area contributed by atoms with Crippen LogP contribution in [0.15, 0.2) is 41.8 Å². The zero-order valence-electron chi connectivity index (χ0n) is 13.8. The first-order valence-electron chi connectivity index (χ1n) is 8.43. The van der Waals surface area contributed by atoms with E-state index >= 15 is 0 Å². The number of benzene rings is 1. The third-order valence-electron chi connectivity index (χ3n) is 4.43. The van der Waals surface area contributed by atoms with Gasteiger partial charge >= 0.3 is 0 Å². The van der Waals surface area contributed by atoms with E-state index in [0.29, 0.717) is 11.4 Å². The number of aryl methyl sites for hydroxylation is 1. The quantitative estimate of drug-likeness (QED) is 0.915. The minimum Gasteiger partial charge on any atom is -0.326 e. The Labute approximate surface area is 146 Å². The van der Waals surface area contributed by atoms with Gasteiger partial charge in [-0.1, -0.05) is 25.1 Å². The van der Waals surface area contributed by atoms with Gasteiger partial charge in [0.2, 0.25) is 5.91 Å². The fourth-order valence-corrected chi connectivity index (χ4v) is 3.72. The fourth-order valence-electron chi connectivity index (χ4n) is 3.04. The standard InChI is InChI=1S/C19H22N2O2S/c1-2-14-8-10-15(11-9-14)20-18(22)16-6-3-4-12-21(16)19(23)17-7-5-13-24-17/h5,7-11,13,16H,2-4,6,12H2,1H3,(H,20,22). The normalized spacial score (nSPS) is 17.5. The number of hydrogen-bond donors (Lipinski definition) is 1. The zero-order chi connectivity index (χ0) is 16.9. The second-order valence-electron chi connectivity index (χ2n) is 6.03.